The van der Waals surface area contributed by atoms with Crippen LogP contribution < -0.4 is 62.0 Å². The van der Waals surface area contributed by atoms with E-state index >= 15 is 0 Å². The van der Waals surface area contributed by atoms with Gasteiger partial charge < -0.3 is 30.6 Å². The minimum atomic E-state index is -4.33. The number of nitrogens with one attached hydrogen (secondary N) is 2. The van der Waals surface area contributed by atoms with E-state index in [9.17, 15) is 13.0 Å². The fourth-order valence-electron chi connectivity index (χ4n) is 1.86. The van der Waals surface area contributed by atoms with Crippen molar-refractivity contribution >= 4 is 28.1 Å². The van der Waals surface area contributed by atoms with Crippen LogP contribution in [0.15, 0.2) is 33.1 Å². The summed E-state index contributed by atoms with van der Waals surface area (Å²) in [6, 6.07) is 4.07. The Morgan fingerprint density at radius 2 is 2.07 bits per heavy atom. The Bertz CT molecular complexity index is 738. The minimum Gasteiger partial charge on any atom is -0.459 e. The summed E-state index contributed by atoms with van der Waals surface area (Å²) in [5.74, 6) is 0.371. The van der Waals surface area contributed by atoms with Gasteiger partial charge >= 0.3 is 51.4 Å². The van der Waals surface area contributed by atoms with Crippen molar-refractivity contribution in [1.29, 1.82) is 0 Å². The van der Waals surface area contributed by atoms with Crippen LogP contribution in [0, 0.1) is 6.67 Å². The van der Waals surface area contributed by atoms with Gasteiger partial charge in [0.1, 0.15) is 0 Å². The molecule has 0 amide bonds. The quantitative estimate of drug-likeness (QED) is 0.0678. The number of nitrogens with zero attached hydrogens (tertiary/aromatic N) is 3. The summed E-state index contributed by atoms with van der Waals surface area (Å²) in [5, 5.41) is 14.9. The predicted octanol–water partition coefficient (Wildman–Crippen LogP) is -2.17. The molecular weight excluding hydrogens is 397 g/mol. The van der Waals surface area contributed by atoms with Crippen molar-refractivity contribution in [2.75, 3.05) is 32.6 Å². The molecule has 0 heterocycles. The molecule has 0 radical (unpaired) electrons. The van der Waals surface area contributed by atoms with Gasteiger partial charge in [0, 0.05) is 18.3 Å². The van der Waals surface area contributed by atoms with Crippen LogP contribution in [0.3, 0.4) is 0 Å². The molecule has 1 rings (SSSR count). The van der Waals surface area contributed by atoms with E-state index in [2.05, 4.69) is 27.0 Å². The van der Waals surface area contributed by atoms with Crippen molar-refractivity contribution in [2.45, 2.75) is 24.7 Å². The number of hydrogen-bond donors (Lipinski definition) is 4. The van der Waals surface area contributed by atoms with Gasteiger partial charge in [-0.2, -0.15) is 8.42 Å². The van der Waals surface area contributed by atoms with Crippen LogP contribution in [0.4, 0.5) is 5.69 Å². The molecule has 0 unspecified atom stereocenters. The summed E-state index contributed by atoms with van der Waals surface area (Å²) in [6.45, 7) is 4.02. The second kappa shape index (κ2) is 13.5. The fraction of sp³-hybridized carbons (Fsp3) is 0.438. The maximum atomic E-state index is 11.3. The number of benzene rings is 1. The van der Waals surface area contributed by atoms with Gasteiger partial charge in [0.15, 0.2) is 0 Å². The van der Waals surface area contributed by atoms with Gasteiger partial charge in [0.25, 0.3) is 10.1 Å². The molecule has 0 bridgehead atoms. The molecule has 27 heavy (non-hydrogen) atoms. The standard InChI is InChI=1S/C16H25N5O4S.K/c1-4-8-17-11-19-16(21(2)3)20-12-18-15-10-14(26(23,24)25)6-5-13(15)7-9-22;/h5-6,10,12,18,22H,4,7-9H2,1-3H3,(H,17,19,20)(H,23,24,25);/q-2;+1. The molecular formula is C16H25KN5O4S-. The van der Waals surface area contributed by atoms with Crippen molar-refractivity contribution in [2.24, 2.45) is 9.98 Å². The van der Waals surface area contributed by atoms with Gasteiger partial charge in [-0.15, -0.1) is 0 Å². The first-order chi connectivity index (χ1) is 12.3. The summed E-state index contributed by atoms with van der Waals surface area (Å²) < 4.78 is 31.8. The Balaban J connectivity index is 0.00000676. The van der Waals surface area contributed by atoms with Gasteiger partial charge in [0.05, 0.1) is 4.90 Å². The number of aliphatic imine (C=N–C) groups is 2. The minimum absolute atomic E-state index is 0. The van der Waals surface area contributed by atoms with E-state index < -0.39 is 10.1 Å². The normalized spacial score (nSPS) is 11.8. The summed E-state index contributed by atoms with van der Waals surface area (Å²) in [7, 11) is -0.783. The van der Waals surface area contributed by atoms with E-state index in [1.54, 1.807) is 19.0 Å². The Morgan fingerprint density at radius 3 is 2.63 bits per heavy atom. The largest absolute Gasteiger partial charge is 1.00 e. The van der Waals surface area contributed by atoms with Crippen molar-refractivity contribution in [3.05, 3.63) is 30.4 Å². The molecule has 0 aliphatic heterocycles. The molecule has 146 valence electrons. The SMILES string of the molecule is CCCN[C-]=N/C(=N\[CH-]Nc1cc(S(=O)(=O)O)ccc1CCO)N(C)C.[K+]. The molecule has 9 nitrogen and oxygen atoms in total. The zero-order chi connectivity index (χ0) is 19.6. The molecule has 0 aromatic heterocycles. The molecule has 0 aliphatic carbocycles. The van der Waals surface area contributed by atoms with Crippen LogP contribution in [0.25, 0.3) is 0 Å². The van der Waals surface area contributed by atoms with Gasteiger partial charge in [-0.1, -0.05) is 26.0 Å². The van der Waals surface area contributed by atoms with Crippen LogP contribution in [0.5, 0.6) is 0 Å². The third-order valence-electron chi connectivity index (χ3n) is 3.17. The van der Waals surface area contributed by atoms with E-state index in [0.29, 0.717) is 23.6 Å². The number of rotatable bonds is 9. The number of aliphatic hydroxyl groups excluding tert-OH is 1. The zero-order valence-electron chi connectivity index (χ0n) is 16.1. The van der Waals surface area contributed by atoms with Crippen molar-refractivity contribution in [3.63, 3.8) is 0 Å². The molecule has 1 aromatic rings. The predicted molar refractivity (Wildman–Crippen MR) is 102 cm³/mol. The first-order valence-corrected chi connectivity index (χ1v) is 9.46. The average Bonchev–Trinajstić information content (AvgIpc) is 2.57. The van der Waals surface area contributed by atoms with E-state index in [-0.39, 0.29) is 62.9 Å². The number of anilines is 1. The van der Waals surface area contributed by atoms with Gasteiger partial charge in [0.2, 0.25) is 0 Å². The van der Waals surface area contributed by atoms with Crippen LogP contribution in [0.1, 0.15) is 18.9 Å². The summed E-state index contributed by atoms with van der Waals surface area (Å²) in [6.07, 6.45) is 3.95. The van der Waals surface area contributed by atoms with E-state index in [4.69, 9.17) is 5.11 Å². The van der Waals surface area contributed by atoms with Crippen molar-refractivity contribution in [3.8, 4) is 0 Å². The molecule has 0 fully saturated rings. The second-order valence-corrected chi connectivity index (χ2v) is 6.94. The van der Waals surface area contributed by atoms with Gasteiger partial charge in [-0.3, -0.25) is 4.55 Å². The van der Waals surface area contributed by atoms with E-state index in [0.717, 1.165) is 13.0 Å². The zero-order valence-corrected chi connectivity index (χ0v) is 20.0. The molecule has 0 aliphatic rings. The fourth-order valence-corrected chi connectivity index (χ4v) is 2.37. The first kappa shape index (κ1) is 26.3. The van der Waals surface area contributed by atoms with Crippen LogP contribution in [-0.4, -0.2) is 62.5 Å². The third-order valence-corrected chi connectivity index (χ3v) is 4.02. The molecule has 0 atom stereocenters. The van der Waals surface area contributed by atoms with Crippen LogP contribution in [-0.2, 0) is 16.5 Å². The summed E-state index contributed by atoms with van der Waals surface area (Å²) in [5.41, 5.74) is 1.09. The van der Waals surface area contributed by atoms with Crippen molar-refractivity contribution < 1.29 is 69.5 Å². The smallest absolute Gasteiger partial charge is 0.459 e. The topological polar surface area (TPSA) is 127 Å². The number of hydrogen-bond acceptors (Lipinski definition) is 5. The molecule has 0 spiro atoms. The molecule has 11 heteroatoms. The molecule has 1 aromatic carbocycles. The maximum Gasteiger partial charge on any atom is 1.00 e. The Labute approximate surface area is 203 Å². The monoisotopic (exact) mass is 422 g/mol. The molecule has 4 N–H and O–H groups in total. The van der Waals surface area contributed by atoms with E-state index in [1.165, 1.54) is 24.9 Å². The maximum absolute atomic E-state index is 11.3. The Hall–Kier alpha value is -0.664. The Morgan fingerprint density at radius 1 is 1.37 bits per heavy atom. The average molecular weight is 423 g/mol. The molecule has 0 saturated carbocycles. The van der Waals surface area contributed by atoms with Crippen molar-refractivity contribution in [1.82, 2.24) is 10.2 Å². The van der Waals surface area contributed by atoms with E-state index in [1.807, 2.05) is 6.92 Å². The van der Waals surface area contributed by atoms with Gasteiger partial charge in [-0.25, -0.2) is 0 Å². The summed E-state index contributed by atoms with van der Waals surface area (Å²) in [4.78, 5) is 9.68. The van der Waals surface area contributed by atoms with Crippen LogP contribution in [0.2, 0.25) is 0 Å². The molecule has 0 saturated heterocycles. The van der Waals surface area contributed by atoms with Crippen LogP contribution >= 0.6 is 0 Å². The number of aliphatic hydroxyl groups is 1. The van der Waals surface area contributed by atoms with Gasteiger partial charge in [-0.05, 0) is 51.2 Å². The third kappa shape index (κ3) is 9.90. The first-order valence-electron chi connectivity index (χ1n) is 8.02. The number of guanidine groups is 1. The summed E-state index contributed by atoms with van der Waals surface area (Å²) >= 11 is 0. The second-order valence-electron chi connectivity index (χ2n) is 5.51. The Kier molecular flexibility index (Phi) is 13.2.